The van der Waals surface area contributed by atoms with Gasteiger partial charge in [-0.2, -0.15) is 8.78 Å². The molecule has 1 aliphatic carbocycles. The van der Waals surface area contributed by atoms with Crippen LogP contribution in [0.1, 0.15) is 52.4 Å². The van der Waals surface area contributed by atoms with Crippen molar-refractivity contribution < 1.29 is 8.78 Å². The third-order valence-electron chi connectivity index (χ3n) is 5.30. The van der Waals surface area contributed by atoms with Gasteiger partial charge in [0.1, 0.15) is 0 Å². The standard InChI is InChI=1S/C16H30F2N2/c1-12(2)14-5-3-13(4-6-14)11-20-9-7-15(8-10-20)19-16(17)18/h12-16,19H,3-11H2,1-2H3. The summed E-state index contributed by atoms with van der Waals surface area (Å²) >= 11 is 0. The first-order chi connectivity index (χ1) is 9.54. The summed E-state index contributed by atoms with van der Waals surface area (Å²) in [6.45, 7) is 5.46. The fourth-order valence-electron chi connectivity index (χ4n) is 3.86. The maximum atomic E-state index is 12.3. The molecule has 1 saturated heterocycles. The van der Waals surface area contributed by atoms with E-state index < -0.39 is 6.55 Å². The Morgan fingerprint density at radius 3 is 2.10 bits per heavy atom. The van der Waals surface area contributed by atoms with Crippen LogP contribution in [-0.2, 0) is 0 Å². The molecule has 0 aromatic rings. The van der Waals surface area contributed by atoms with Gasteiger partial charge in [0.15, 0.2) is 0 Å². The molecule has 2 fully saturated rings. The van der Waals surface area contributed by atoms with Crippen molar-refractivity contribution in [3.8, 4) is 0 Å². The van der Waals surface area contributed by atoms with Crippen LogP contribution in [0.4, 0.5) is 8.78 Å². The zero-order chi connectivity index (χ0) is 14.5. The van der Waals surface area contributed by atoms with Gasteiger partial charge in [-0.05, 0) is 69.4 Å². The van der Waals surface area contributed by atoms with E-state index in [0.29, 0.717) is 0 Å². The molecule has 4 heteroatoms. The fourth-order valence-corrected chi connectivity index (χ4v) is 3.86. The first-order valence-corrected chi connectivity index (χ1v) is 8.31. The molecular weight excluding hydrogens is 258 g/mol. The van der Waals surface area contributed by atoms with Gasteiger partial charge in [-0.1, -0.05) is 13.8 Å². The van der Waals surface area contributed by atoms with Crippen LogP contribution in [0.2, 0.25) is 0 Å². The summed E-state index contributed by atoms with van der Waals surface area (Å²) in [6.07, 6.45) is 7.21. The van der Waals surface area contributed by atoms with E-state index in [4.69, 9.17) is 0 Å². The molecule has 0 atom stereocenters. The molecule has 2 rings (SSSR count). The van der Waals surface area contributed by atoms with E-state index >= 15 is 0 Å². The Kier molecular flexibility index (Phi) is 6.21. The predicted octanol–water partition coefficient (Wildman–Crippen LogP) is 3.73. The number of hydrogen-bond donors (Lipinski definition) is 1. The van der Waals surface area contributed by atoms with Crippen molar-refractivity contribution in [2.75, 3.05) is 19.6 Å². The molecule has 2 nitrogen and oxygen atoms in total. The van der Waals surface area contributed by atoms with Gasteiger partial charge in [-0.15, -0.1) is 0 Å². The zero-order valence-electron chi connectivity index (χ0n) is 13.0. The van der Waals surface area contributed by atoms with Gasteiger partial charge in [0, 0.05) is 12.6 Å². The first kappa shape index (κ1) is 16.2. The maximum absolute atomic E-state index is 12.3. The Bertz CT molecular complexity index is 268. The van der Waals surface area contributed by atoms with Crippen molar-refractivity contribution in [2.24, 2.45) is 17.8 Å². The van der Waals surface area contributed by atoms with Gasteiger partial charge < -0.3 is 4.90 Å². The van der Waals surface area contributed by atoms with Crippen molar-refractivity contribution in [2.45, 2.75) is 65.0 Å². The average molecular weight is 288 g/mol. The number of likely N-dealkylation sites (tertiary alicyclic amines) is 1. The highest BCUT2D eigenvalue weighted by Crippen LogP contribution is 2.33. The smallest absolute Gasteiger partial charge is 0.292 e. The van der Waals surface area contributed by atoms with E-state index in [1.54, 1.807) is 0 Å². The van der Waals surface area contributed by atoms with E-state index in [2.05, 4.69) is 24.1 Å². The van der Waals surface area contributed by atoms with Crippen molar-refractivity contribution >= 4 is 0 Å². The minimum Gasteiger partial charge on any atom is -0.303 e. The third kappa shape index (κ3) is 4.96. The quantitative estimate of drug-likeness (QED) is 0.776. The summed E-state index contributed by atoms with van der Waals surface area (Å²) in [7, 11) is 0. The van der Waals surface area contributed by atoms with Crippen LogP contribution < -0.4 is 5.32 Å². The number of alkyl halides is 2. The van der Waals surface area contributed by atoms with E-state index in [-0.39, 0.29) is 6.04 Å². The molecule has 0 aromatic carbocycles. The van der Waals surface area contributed by atoms with Gasteiger partial charge in [0.2, 0.25) is 0 Å². The van der Waals surface area contributed by atoms with Gasteiger partial charge in [0.05, 0.1) is 0 Å². The summed E-state index contributed by atoms with van der Waals surface area (Å²) in [5.74, 6) is 2.59. The summed E-state index contributed by atoms with van der Waals surface area (Å²) in [5, 5.41) is 2.36. The number of piperidine rings is 1. The molecule has 1 N–H and O–H groups in total. The first-order valence-electron chi connectivity index (χ1n) is 8.31. The molecule has 0 unspecified atom stereocenters. The minimum absolute atomic E-state index is 0.0166. The summed E-state index contributed by atoms with van der Waals surface area (Å²) in [4.78, 5) is 2.49. The lowest BCUT2D eigenvalue weighted by molar-refractivity contribution is 0.0683. The van der Waals surface area contributed by atoms with Crippen LogP contribution in [0.3, 0.4) is 0 Å². The van der Waals surface area contributed by atoms with E-state index in [1.807, 2.05) is 0 Å². The summed E-state index contributed by atoms with van der Waals surface area (Å²) < 4.78 is 24.5. The topological polar surface area (TPSA) is 15.3 Å². The van der Waals surface area contributed by atoms with E-state index in [1.165, 1.54) is 32.2 Å². The Balaban J connectivity index is 1.64. The molecule has 1 aliphatic heterocycles. The van der Waals surface area contributed by atoms with Crippen molar-refractivity contribution in [1.82, 2.24) is 10.2 Å². The summed E-state index contributed by atoms with van der Waals surface area (Å²) in [6, 6.07) is 0.0166. The van der Waals surface area contributed by atoms with E-state index in [0.717, 1.165) is 43.7 Å². The molecule has 118 valence electrons. The molecular formula is C16H30F2N2. The number of halogens is 2. The van der Waals surface area contributed by atoms with Gasteiger partial charge >= 0.3 is 0 Å². The van der Waals surface area contributed by atoms with Crippen LogP contribution >= 0.6 is 0 Å². The molecule has 0 aromatic heterocycles. The van der Waals surface area contributed by atoms with Crippen LogP contribution in [0.5, 0.6) is 0 Å². The van der Waals surface area contributed by atoms with Crippen molar-refractivity contribution in [3.05, 3.63) is 0 Å². The molecule has 0 amide bonds. The second-order valence-corrected chi connectivity index (χ2v) is 7.07. The number of hydrogen-bond acceptors (Lipinski definition) is 2. The SMILES string of the molecule is CC(C)C1CCC(CN2CCC(NC(F)F)CC2)CC1. The zero-order valence-corrected chi connectivity index (χ0v) is 13.0. The molecule has 1 heterocycles. The second kappa shape index (κ2) is 7.69. The Morgan fingerprint density at radius 1 is 1.00 bits per heavy atom. The van der Waals surface area contributed by atoms with Gasteiger partial charge in [0.25, 0.3) is 6.55 Å². The Morgan fingerprint density at radius 2 is 1.60 bits per heavy atom. The number of nitrogens with zero attached hydrogens (tertiary/aromatic N) is 1. The normalized spacial score (nSPS) is 30.3. The van der Waals surface area contributed by atoms with Gasteiger partial charge in [-0.3, -0.25) is 5.32 Å². The van der Waals surface area contributed by atoms with Crippen molar-refractivity contribution in [3.63, 3.8) is 0 Å². The predicted molar refractivity (Wildman–Crippen MR) is 78.9 cm³/mol. The van der Waals surface area contributed by atoms with Crippen LogP contribution in [-0.4, -0.2) is 37.1 Å². The Hall–Kier alpha value is -0.220. The lowest BCUT2D eigenvalue weighted by Gasteiger charge is -2.37. The lowest BCUT2D eigenvalue weighted by Crippen LogP contribution is -2.45. The average Bonchev–Trinajstić information content (AvgIpc) is 2.41. The third-order valence-corrected chi connectivity index (χ3v) is 5.30. The van der Waals surface area contributed by atoms with Crippen molar-refractivity contribution in [1.29, 1.82) is 0 Å². The highest BCUT2D eigenvalue weighted by molar-refractivity contribution is 4.81. The van der Waals surface area contributed by atoms with Crippen LogP contribution in [0, 0.1) is 17.8 Å². The lowest BCUT2D eigenvalue weighted by atomic mass is 9.77. The van der Waals surface area contributed by atoms with Gasteiger partial charge in [-0.25, -0.2) is 0 Å². The summed E-state index contributed by atoms with van der Waals surface area (Å²) in [5.41, 5.74) is 0. The number of rotatable bonds is 5. The largest absolute Gasteiger partial charge is 0.303 e. The molecule has 0 radical (unpaired) electrons. The minimum atomic E-state index is -2.36. The molecule has 0 bridgehead atoms. The number of nitrogens with one attached hydrogen (secondary N) is 1. The molecule has 0 spiro atoms. The second-order valence-electron chi connectivity index (χ2n) is 7.07. The highest BCUT2D eigenvalue weighted by Gasteiger charge is 2.27. The molecule has 2 aliphatic rings. The monoisotopic (exact) mass is 288 g/mol. The van der Waals surface area contributed by atoms with Crippen LogP contribution in [0.25, 0.3) is 0 Å². The fraction of sp³-hybridized carbons (Fsp3) is 1.00. The molecule has 20 heavy (non-hydrogen) atoms. The molecule has 1 saturated carbocycles. The van der Waals surface area contributed by atoms with Crippen LogP contribution in [0.15, 0.2) is 0 Å². The maximum Gasteiger partial charge on any atom is 0.292 e. The van der Waals surface area contributed by atoms with E-state index in [9.17, 15) is 8.78 Å². The Labute approximate surface area is 122 Å². The highest BCUT2D eigenvalue weighted by atomic mass is 19.3.